The number of pyridine rings is 2. The average Bonchev–Trinajstić information content (AvgIpc) is 2.25. The number of aromatic amines is 2. The molecule has 0 aliphatic rings. The summed E-state index contributed by atoms with van der Waals surface area (Å²) < 4.78 is 5.20. The third-order valence-corrected chi connectivity index (χ3v) is 2.80. The van der Waals surface area contributed by atoms with Crippen LogP contribution in [0.5, 0.6) is 17.2 Å². The molecule has 0 spiro atoms. The number of rotatable bonds is 1. The Morgan fingerprint density at radius 2 is 1.76 bits per heavy atom. The quantitative estimate of drug-likeness (QED) is 0.569. The fourth-order valence-corrected chi connectivity index (χ4v) is 2.03. The minimum absolute atomic E-state index is 0.00317. The van der Waals surface area contributed by atoms with Crippen molar-refractivity contribution >= 4 is 26.8 Å². The van der Waals surface area contributed by atoms with E-state index in [1.165, 1.54) is 7.11 Å². The van der Waals surface area contributed by atoms with Crippen molar-refractivity contribution in [3.63, 3.8) is 0 Å². The van der Waals surface area contributed by atoms with Gasteiger partial charge in [-0.2, -0.15) is 0 Å². The summed E-state index contributed by atoms with van der Waals surface area (Å²) in [4.78, 5) is 27.5. The zero-order valence-electron chi connectivity index (χ0n) is 8.50. The normalized spacial score (nSPS) is 10.7. The maximum absolute atomic E-state index is 11.6. The van der Waals surface area contributed by atoms with Gasteiger partial charge in [0.05, 0.1) is 7.11 Å². The van der Waals surface area contributed by atoms with Gasteiger partial charge in [-0.1, -0.05) is 0 Å². The predicted molar refractivity (Wildman–Crippen MR) is 62.8 cm³/mol. The molecule has 0 amide bonds. The van der Waals surface area contributed by atoms with Crippen LogP contribution >= 0.6 is 15.9 Å². The lowest BCUT2D eigenvalue weighted by Gasteiger charge is -2.08. The summed E-state index contributed by atoms with van der Waals surface area (Å²) in [6.07, 6.45) is 0. The van der Waals surface area contributed by atoms with E-state index in [0.717, 1.165) is 0 Å². The Bertz CT molecular complexity index is 718. The van der Waals surface area contributed by atoms with E-state index in [4.69, 9.17) is 4.74 Å². The summed E-state index contributed by atoms with van der Waals surface area (Å²) in [6.45, 7) is 0. The molecule has 0 saturated heterocycles. The molecule has 8 heteroatoms. The van der Waals surface area contributed by atoms with Crippen LogP contribution in [0.25, 0.3) is 10.9 Å². The van der Waals surface area contributed by atoms with E-state index in [2.05, 4.69) is 25.9 Å². The molecular weight excluding hydrogens is 296 g/mol. The molecule has 0 bridgehead atoms. The summed E-state index contributed by atoms with van der Waals surface area (Å²) >= 11 is 3.05. The van der Waals surface area contributed by atoms with Crippen LogP contribution in [0.15, 0.2) is 14.2 Å². The van der Waals surface area contributed by atoms with Crippen LogP contribution in [-0.4, -0.2) is 27.3 Å². The molecule has 0 atom stereocenters. The summed E-state index contributed by atoms with van der Waals surface area (Å²) in [6, 6.07) is 0. The monoisotopic (exact) mass is 302 g/mol. The van der Waals surface area contributed by atoms with Crippen LogP contribution in [-0.2, 0) is 0 Å². The maximum Gasteiger partial charge on any atom is 0.294 e. The second kappa shape index (κ2) is 3.81. The highest BCUT2D eigenvalue weighted by Gasteiger charge is 2.18. The molecule has 0 fully saturated rings. The third-order valence-electron chi connectivity index (χ3n) is 2.25. The minimum atomic E-state index is -0.911. The standard InChI is InChI=1S/C9H7BrN2O5/c1-17-6-3-2(8(15)12-7(6)10)4(13)5(14)9(16)11-3/h14H,1H3,(H,12,15)(H2,11,13,16). The van der Waals surface area contributed by atoms with Crippen LogP contribution in [0, 0.1) is 0 Å². The van der Waals surface area contributed by atoms with Gasteiger partial charge in [0.2, 0.25) is 5.75 Å². The van der Waals surface area contributed by atoms with E-state index >= 15 is 0 Å². The molecule has 0 saturated carbocycles. The molecule has 0 aliphatic carbocycles. The number of ether oxygens (including phenoxy) is 1. The number of aromatic nitrogens is 2. The van der Waals surface area contributed by atoms with Crippen LogP contribution in [0.3, 0.4) is 0 Å². The van der Waals surface area contributed by atoms with E-state index in [-0.39, 0.29) is 21.3 Å². The SMILES string of the molecule is COc1c(Br)[nH]c(=O)c2c(O)c(O)c(=O)[nH]c12. The van der Waals surface area contributed by atoms with Crippen molar-refractivity contribution in [2.45, 2.75) is 0 Å². The van der Waals surface area contributed by atoms with Crippen molar-refractivity contribution in [1.82, 2.24) is 9.97 Å². The van der Waals surface area contributed by atoms with Gasteiger partial charge in [-0.15, -0.1) is 0 Å². The molecule has 7 nitrogen and oxygen atoms in total. The Balaban J connectivity index is 3.15. The summed E-state index contributed by atoms with van der Waals surface area (Å²) in [5.74, 6) is -1.55. The van der Waals surface area contributed by atoms with Crippen molar-refractivity contribution in [1.29, 1.82) is 0 Å². The largest absolute Gasteiger partial charge is 0.504 e. The number of hydrogen-bond acceptors (Lipinski definition) is 5. The predicted octanol–water partition coefficient (Wildman–Crippen LogP) is 0.399. The summed E-state index contributed by atoms with van der Waals surface area (Å²) in [5.41, 5.74) is -1.58. The number of nitrogens with one attached hydrogen (secondary N) is 2. The number of H-pyrrole nitrogens is 2. The van der Waals surface area contributed by atoms with Gasteiger partial charge < -0.3 is 24.9 Å². The van der Waals surface area contributed by atoms with Gasteiger partial charge in [0.25, 0.3) is 11.1 Å². The van der Waals surface area contributed by atoms with Crippen molar-refractivity contribution in [2.75, 3.05) is 7.11 Å². The molecule has 2 rings (SSSR count). The number of fused-ring (bicyclic) bond motifs is 1. The van der Waals surface area contributed by atoms with Crippen LogP contribution in [0.1, 0.15) is 0 Å². The van der Waals surface area contributed by atoms with Crippen LogP contribution in [0.4, 0.5) is 0 Å². The lowest BCUT2D eigenvalue weighted by Crippen LogP contribution is -2.14. The van der Waals surface area contributed by atoms with Gasteiger partial charge in [-0.05, 0) is 15.9 Å². The first-order chi connectivity index (χ1) is 7.97. The van der Waals surface area contributed by atoms with E-state index in [0.29, 0.717) is 0 Å². The molecule has 0 radical (unpaired) electrons. The number of aromatic hydroxyl groups is 2. The van der Waals surface area contributed by atoms with E-state index < -0.39 is 22.6 Å². The summed E-state index contributed by atoms with van der Waals surface area (Å²) in [5, 5.41) is 18.6. The first-order valence-corrected chi connectivity index (χ1v) is 5.20. The fourth-order valence-electron chi connectivity index (χ4n) is 1.49. The number of methoxy groups -OCH3 is 1. The molecule has 2 heterocycles. The van der Waals surface area contributed by atoms with Gasteiger partial charge in [0.1, 0.15) is 15.5 Å². The van der Waals surface area contributed by atoms with Crippen molar-refractivity contribution < 1.29 is 14.9 Å². The molecule has 17 heavy (non-hydrogen) atoms. The van der Waals surface area contributed by atoms with Gasteiger partial charge in [0.15, 0.2) is 11.5 Å². The lowest BCUT2D eigenvalue weighted by molar-refractivity contribution is 0.399. The molecule has 0 aromatic carbocycles. The maximum atomic E-state index is 11.6. The Morgan fingerprint density at radius 3 is 2.35 bits per heavy atom. The topological polar surface area (TPSA) is 115 Å². The second-order valence-electron chi connectivity index (χ2n) is 3.20. The average molecular weight is 303 g/mol. The van der Waals surface area contributed by atoms with Crippen molar-refractivity contribution in [3.05, 3.63) is 25.3 Å². The van der Waals surface area contributed by atoms with Crippen molar-refractivity contribution in [3.8, 4) is 17.2 Å². The first-order valence-electron chi connectivity index (χ1n) is 4.41. The zero-order chi connectivity index (χ0) is 12.7. The molecule has 2 aromatic heterocycles. The Hall–Kier alpha value is -1.96. The molecular formula is C9H7BrN2O5. The smallest absolute Gasteiger partial charge is 0.294 e. The molecule has 0 unspecified atom stereocenters. The number of halogens is 1. The van der Waals surface area contributed by atoms with Gasteiger partial charge in [0, 0.05) is 0 Å². The molecule has 4 N–H and O–H groups in total. The second-order valence-corrected chi connectivity index (χ2v) is 4.00. The van der Waals surface area contributed by atoms with E-state index in [9.17, 15) is 19.8 Å². The zero-order valence-corrected chi connectivity index (χ0v) is 10.1. The molecule has 90 valence electrons. The highest BCUT2D eigenvalue weighted by atomic mass is 79.9. The molecule has 0 aliphatic heterocycles. The third kappa shape index (κ3) is 1.57. The minimum Gasteiger partial charge on any atom is -0.504 e. The van der Waals surface area contributed by atoms with Crippen LogP contribution < -0.4 is 15.9 Å². The van der Waals surface area contributed by atoms with Crippen LogP contribution in [0.2, 0.25) is 0 Å². The van der Waals surface area contributed by atoms with E-state index in [1.54, 1.807) is 0 Å². The fraction of sp³-hybridized carbons (Fsp3) is 0.111. The lowest BCUT2D eigenvalue weighted by atomic mass is 10.2. The Kier molecular flexibility index (Phi) is 2.58. The Labute approximate surface area is 102 Å². The van der Waals surface area contributed by atoms with E-state index in [1.807, 2.05) is 0 Å². The van der Waals surface area contributed by atoms with Gasteiger partial charge >= 0.3 is 0 Å². The summed E-state index contributed by atoms with van der Waals surface area (Å²) in [7, 11) is 1.33. The van der Waals surface area contributed by atoms with Crippen molar-refractivity contribution in [2.24, 2.45) is 0 Å². The Morgan fingerprint density at radius 1 is 1.12 bits per heavy atom. The number of hydrogen-bond donors (Lipinski definition) is 4. The van der Waals surface area contributed by atoms with Gasteiger partial charge in [-0.25, -0.2) is 0 Å². The first kappa shape index (κ1) is 11.5. The van der Waals surface area contributed by atoms with Gasteiger partial charge in [-0.3, -0.25) is 9.59 Å². The highest BCUT2D eigenvalue weighted by molar-refractivity contribution is 9.10. The molecule has 2 aromatic rings. The highest BCUT2D eigenvalue weighted by Crippen LogP contribution is 2.33.